The molecular formula is C18H22FN3O4S. The van der Waals surface area contributed by atoms with Crippen molar-refractivity contribution in [3.8, 4) is 5.75 Å². The van der Waals surface area contributed by atoms with E-state index in [1.165, 1.54) is 30.3 Å². The first-order chi connectivity index (χ1) is 12.8. The van der Waals surface area contributed by atoms with Crippen molar-refractivity contribution < 1.29 is 22.3 Å². The highest BCUT2D eigenvalue weighted by Gasteiger charge is 2.16. The molecule has 0 aliphatic carbocycles. The minimum Gasteiger partial charge on any atom is -0.481 e. The number of amides is 1. The van der Waals surface area contributed by atoms with Crippen LogP contribution >= 0.6 is 0 Å². The van der Waals surface area contributed by atoms with E-state index in [-0.39, 0.29) is 16.3 Å². The molecular weight excluding hydrogens is 373 g/mol. The average Bonchev–Trinajstić information content (AvgIpc) is 2.62. The molecule has 9 heteroatoms. The van der Waals surface area contributed by atoms with E-state index in [9.17, 15) is 17.6 Å². The van der Waals surface area contributed by atoms with Gasteiger partial charge in [-0.3, -0.25) is 4.79 Å². The summed E-state index contributed by atoms with van der Waals surface area (Å²) < 4.78 is 42.0. The van der Waals surface area contributed by atoms with Crippen LogP contribution in [0.1, 0.15) is 13.8 Å². The van der Waals surface area contributed by atoms with Gasteiger partial charge in [0.2, 0.25) is 10.0 Å². The van der Waals surface area contributed by atoms with Gasteiger partial charge in [-0.05, 0) is 44.2 Å². The quantitative estimate of drug-likeness (QED) is 0.714. The van der Waals surface area contributed by atoms with Crippen LogP contribution in [0.2, 0.25) is 0 Å². The third kappa shape index (κ3) is 5.41. The zero-order valence-electron chi connectivity index (χ0n) is 15.1. The Kier molecular flexibility index (Phi) is 6.75. The number of para-hydroxylation sites is 1. The smallest absolute Gasteiger partial charge is 0.262 e. The zero-order chi connectivity index (χ0) is 20.0. The van der Waals surface area contributed by atoms with E-state index in [0.717, 1.165) is 0 Å². The Labute approximate surface area is 158 Å². The van der Waals surface area contributed by atoms with Crippen molar-refractivity contribution in [1.82, 2.24) is 0 Å². The third-order valence-electron chi connectivity index (χ3n) is 3.87. The van der Waals surface area contributed by atoms with Gasteiger partial charge in [0, 0.05) is 13.1 Å². The van der Waals surface area contributed by atoms with Crippen molar-refractivity contribution in [2.75, 3.05) is 29.9 Å². The number of carbonyl (C=O) groups excluding carboxylic acids is 1. The number of carbonyl (C=O) groups is 1. The maximum Gasteiger partial charge on any atom is 0.262 e. The molecule has 0 atom stereocenters. The van der Waals surface area contributed by atoms with Gasteiger partial charge in [-0.2, -0.15) is 0 Å². The normalized spacial score (nSPS) is 11.1. The Hall–Kier alpha value is -2.65. The molecule has 27 heavy (non-hydrogen) atoms. The largest absolute Gasteiger partial charge is 0.481 e. The third-order valence-corrected chi connectivity index (χ3v) is 4.78. The topological polar surface area (TPSA) is 102 Å². The summed E-state index contributed by atoms with van der Waals surface area (Å²) in [6.45, 7) is 4.74. The highest BCUT2D eigenvalue weighted by Crippen LogP contribution is 2.28. The average molecular weight is 395 g/mol. The molecule has 2 aromatic carbocycles. The SMILES string of the molecule is CCN(CC)c1ccc(S(N)(=O)=O)cc1NC(=O)COc1ccccc1F. The van der Waals surface area contributed by atoms with E-state index >= 15 is 0 Å². The lowest BCUT2D eigenvalue weighted by Crippen LogP contribution is -2.26. The number of sulfonamides is 1. The molecule has 7 nitrogen and oxygen atoms in total. The molecule has 1 amide bonds. The lowest BCUT2D eigenvalue weighted by atomic mass is 10.2. The maximum atomic E-state index is 13.6. The fraction of sp³-hybridized carbons (Fsp3) is 0.278. The van der Waals surface area contributed by atoms with Gasteiger partial charge in [0.25, 0.3) is 5.91 Å². The molecule has 0 aliphatic heterocycles. The van der Waals surface area contributed by atoms with Gasteiger partial charge in [0.05, 0.1) is 16.3 Å². The van der Waals surface area contributed by atoms with Crippen LogP contribution in [-0.4, -0.2) is 34.0 Å². The summed E-state index contributed by atoms with van der Waals surface area (Å²) >= 11 is 0. The van der Waals surface area contributed by atoms with Crippen molar-refractivity contribution in [3.63, 3.8) is 0 Å². The van der Waals surface area contributed by atoms with Gasteiger partial charge in [0.1, 0.15) is 0 Å². The van der Waals surface area contributed by atoms with Crippen molar-refractivity contribution in [1.29, 1.82) is 0 Å². The molecule has 0 saturated heterocycles. The van der Waals surface area contributed by atoms with Crippen LogP contribution in [-0.2, 0) is 14.8 Å². The monoisotopic (exact) mass is 395 g/mol. The first-order valence-corrected chi connectivity index (χ1v) is 9.89. The Morgan fingerprint density at radius 2 is 1.85 bits per heavy atom. The molecule has 0 fully saturated rings. The second-order valence-corrected chi connectivity index (χ2v) is 7.22. The molecule has 0 aliphatic rings. The van der Waals surface area contributed by atoms with E-state index < -0.39 is 28.4 Å². The van der Waals surface area contributed by atoms with Gasteiger partial charge in [-0.25, -0.2) is 17.9 Å². The molecule has 0 unspecified atom stereocenters. The second kappa shape index (κ2) is 8.83. The van der Waals surface area contributed by atoms with E-state index in [2.05, 4.69) is 5.32 Å². The van der Waals surface area contributed by atoms with Crippen LogP contribution in [0.5, 0.6) is 5.75 Å². The Bertz CT molecular complexity index is 915. The highest BCUT2D eigenvalue weighted by atomic mass is 32.2. The van der Waals surface area contributed by atoms with Crippen LogP contribution in [0.25, 0.3) is 0 Å². The fourth-order valence-corrected chi connectivity index (χ4v) is 3.06. The molecule has 0 heterocycles. The summed E-state index contributed by atoms with van der Waals surface area (Å²) in [5, 5.41) is 7.79. The Morgan fingerprint density at radius 3 is 2.44 bits per heavy atom. The van der Waals surface area contributed by atoms with Crippen LogP contribution in [0.4, 0.5) is 15.8 Å². The number of nitrogens with one attached hydrogen (secondary N) is 1. The summed E-state index contributed by atoms with van der Waals surface area (Å²) in [6.07, 6.45) is 0. The van der Waals surface area contributed by atoms with Crippen molar-refractivity contribution in [2.24, 2.45) is 5.14 Å². The number of rotatable bonds is 8. The Balaban J connectivity index is 2.23. The molecule has 0 spiro atoms. The molecule has 3 N–H and O–H groups in total. The van der Waals surface area contributed by atoms with Gasteiger partial charge in [-0.1, -0.05) is 12.1 Å². The summed E-state index contributed by atoms with van der Waals surface area (Å²) in [5.41, 5.74) is 0.930. The molecule has 0 saturated carbocycles. The first kappa shape index (κ1) is 20.7. The van der Waals surface area contributed by atoms with Crippen LogP contribution in [0, 0.1) is 5.82 Å². The molecule has 2 aromatic rings. The van der Waals surface area contributed by atoms with E-state index in [1.54, 1.807) is 12.1 Å². The van der Waals surface area contributed by atoms with Gasteiger partial charge < -0.3 is 15.0 Å². The maximum absolute atomic E-state index is 13.6. The standard InChI is InChI=1S/C18H22FN3O4S/c1-3-22(4-2)16-10-9-13(27(20,24)25)11-15(16)21-18(23)12-26-17-8-6-5-7-14(17)19/h5-11H,3-4,12H2,1-2H3,(H,21,23)(H2,20,24,25). The summed E-state index contributed by atoms with van der Waals surface area (Å²) in [7, 11) is -3.93. The Morgan fingerprint density at radius 1 is 1.19 bits per heavy atom. The number of hydrogen-bond acceptors (Lipinski definition) is 5. The number of benzene rings is 2. The minimum absolute atomic E-state index is 0.0464. The molecule has 2 rings (SSSR count). The van der Waals surface area contributed by atoms with E-state index in [0.29, 0.717) is 18.8 Å². The van der Waals surface area contributed by atoms with Crippen LogP contribution < -0.4 is 20.1 Å². The predicted octanol–water partition coefficient (Wildman–Crippen LogP) is 2.34. The number of nitrogens with two attached hydrogens (primary N) is 1. The minimum atomic E-state index is -3.93. The van der Waals surface area contributed by atoms with Crippen LogP contribution in [0.3, 0.4) is 0 Å². The number of primary sulfonamides is 1. The zero-order valence-corrected chi connectivity index (χ0v) is 15.9. The first-order valence-electron chi connectivity index (χ1n) is 8.35. The lowest BCUT2D eigenvalue weighted by Gasteiger charge is -2.24. The fourth-order valence-electron chi connectivity index (χ4n) is 2.52. The van der Waals surface area contributed by atoms with E-state index in [4.69, 9.17) is 9.88 Å². The number of hydrogen-bond donors (Lipinski definition) is 2. The predicted molar refractivity (Wildman–Crippen MR) is 102 cm³/mol. The molecule has 146 valence electrons. The molecule has 0 radical (unpaired) electrons. The van der Waals surface area contributed by atoms with Gasteiger partial charge >= 0.3 is 0 Å². The van der Waals surface area contributed by atoms with E-state index in [1.807, 2.05) is 18.7 Å². The van der Waals surface area contributed by atoms with Crippen molar-refractivity contribution in [3.05, 3.63) is 48.3 Å². The number of nitrogens with zero attached hydrogens (tertiary/aromatic N) is 1. The van der Waals surface area contributed by atoms with Crippen molar-refractivity contribution in [2.45, 2.75) is 18.7 Å². The lowest BCUT2D eigenvalue weighted by molar-refractivity contribution is -0.118. The molecule has 0 bridgehead atoms. The second-order valence-electron chi connectivity index (χ2n) is 5.66. The summed E-state index contributed by atoms with van der Waals surface area (Å²) in [6, 6.07) is 9.99. The molecule has 0 aromatic heterocycles. The summed E-state index contributed by atoms with van der Waals surface area (Å²) in [5.74, 6) is -1.18. The van der Waals surface area contributed by atoms with Crippen LogP contribution in [0.15, 0.2) is 47.4 Å². The number of halogens is 1. The number of ether oxygens (including phenoxy) is 1. The van der Waals surface area contributed by atoms with Crippen molar-refractivity contribution >= 4 is 27.3 Å². The number of anilines is 2. The van der Waals surface area contributed by atoms with Gasteiger partial charge in [-0.15, -0.1) is 0 Å². The van der Waals surface area contributed by atoms with Gasteiger partial charge in [0.15, 0.2) is 18.2 Å². The highest BCUT2D eigenvalue weighted by molar-refractivity contribution is 7.89. The summed E-state index contributed by atoms with van der Waals surface area (Å²) in [4.78, 5) is 14.1.